The van der Waals surface area contributed by atoms with Crippen molar-refractivity contribution in [2.45, 2.75) is 20.9 Å². The number of benzene rings is 3. The van der Waals surface area contributed by atoms with Crippen molar-refractivity contribution in [3.63, 3.8) is 0 Å². The van der Waals surface area contributed by atoms with Crippen LogP contribution in [0.2, 0.25) is 0 Å². The summed E-state index contributed by atoms with van der Waals surface area (Å²) >= 11 is 5.45. The van der Waals surface area contributed by atoms with Gasteiger partial charge < -0.3 is 19.9 Å². The molecule has 0 unspecified atom stereocenters. The van der Waals surface area contributed by atoms with Crippen LogP contribution in [0.3, 0.4) is 0 Å². The van der Waals surface area contributed by atoms with Crippen molar-refractivity contribution in [1.29, 1.82) is 0 Å². The zero-order chi connectivity index (χ0) is 28.8. The Kier molecular flexibility index (Phi) is 12.1. The van der Waals surface area contributed by atoms with Gasteiger partial charge in [-0.25, -0.2) is 25.3 Å². The maximum absolute atomic E-state index is 13.3. The van der Waals surface area contributed by atoms with E-state index < -0.39 is 102 Å². The van der Waals surface area contributed by atoms with Gasteiger partial charge in [-0.2, -0.15) is 13.2 Å². The molecule has 0 aromatic heterocycles. The average Bonchev–Trinajstić information content (AvgIpc) is 2.75. The summed E-state index contributed by atoms with van der Waals surface area (Å²) in [6.45, 7) is 0. The van der Waals surface area contributed by atoms with E-state index in [0.717, 1.165) is 0 Å². The van der Waals surface area contributed by atoms with E-state index in [1.54, 1.807) is 0 Å². The fraction of sp³-hybridized carbons (Fsp3) is 0.158. The molecule has 0 heterocycles. The van der Waals surface area contributed by atoms with E-state index in [1.165, 1.54) is 0 Å². The molecule has 0 amide bonds. The number of nitrogens with zero attached hydrogens (tertiary/aromatic N) is 2. The standard InChI is InChI=1S/C19H15ClF3N3O9S3.2Na/c20-3-4-36(28,29)14-2-1-10(19(21,22)23)7-12(14)25-26-18-15(38(33,34)35)6-9-5-11(37(30,31)32)8-13(27)16(9)17(18)24;;/h1-2,5-8,27H,3-4,24H2,(H,30,31,32)(H,33,34,35);;/q;2*+1/p-2. The Bertz CT molecular complexity index is 1820. The van der Waals surface area contributed by atoms with Gasteiger partial charge in [-0.1, -0.05) is 0 Å². The van der Waals surface area contributed by atoms with Gasteiger partial charge in [-0.3, -0.25) is 0 Å². The number of hydrogen-bond donors (Lipinski definition) is 2. The molecule has 21 heteroatoms. The zero-order valence-electron chi connectivity index (χ0n) is 20.3. The van der Waals surface area contributed by atoms with E-state index in [4.69, 9.17) is 17.3 Å². The first-order valence-electron chi connectivity index (χ1n) is 9.70. The maximum Gasteiger partial charge on any atom is 1.00 e. The molecule has 0 atom stereocenters. The Hall–Kier alpha value is -1.03. The number of phenols is 1. The van der Waals surface area contributed by atoms with Crippen LogP contribution >= 0.6 is 11.6 Å². The molecular weight excluding hydrogens is 649 g/mol. The molecule has 0 bridgehead atoms. The van der Waals surface area contributed by atoms with Gasteiger partial charge >= 0.3 is 65.3 Å². The van der Waals surface area contributed by atoms with Crippen molar-refractivity contribution in [3.05, 3.63) is 42.0 Å². The normalized spacial score (nSPS) is 12.8. The van der Waals surface area contributed by atoms with Crippen LogP contribution in [-0.2, 0) is 36.2 Å². The summed E-state index contributed by atoms with van der Waals surface area (Å²) < 4.78 is 134. The summed E-state index contributed by atoms with van der Waals surface area (Å²) in [4.78, 5) is -3.01. The molecule has 0 aliphatic carbocycles. The molecule has 3 aromatic rings. The van der Waals surface area contributed by atoms with Crippen molar-refractivity contribution in [2.75, 3.05) is 17.4 Å². The van der Waals surface area contributed by atoms with Gasteiger partial charge in [0.05, 0.1) is 31.7 Å². The largest absolute Gasteiger partial charge is 1.00 e. The molecule has 0 aliphatic heterocycles. The fourth-order valence-corrected chi connectivity index (χ4v) is 6.19. The quantitative estimate of drug-likeness (QED) is 0.0883. The van der Waals surface area contributed by atoms with Crippen molar-refractivity contribution in [3.8, 4) is 5.75 Å². The van der Waals surface area contributed by atoms with E-state index in [-0.39, 0.29) is 59.1 Å². The Labute approximate surface area is 274 Å². The zero-order valence-corrected chi connectivity index (χ0v) is 27.5. The minimum Gasteiger partial charge on any atom is -0.744 e. The SMILES string of the molecule is Nc1c(N=Nc2cc(C(F)(F)F)ccc2S(=O)(=O)CCCl)c(S(=O)(=O)[O-])cc2cc(S(=O)(=O)[O-])cc(O)c12.[Na+].[Na+]. The Morgan fingerprint density at radius 1 is 0.900 bits per heavy atom. The van der Waals surface area contributed by atoms with Crippen LogP contribution in [0.15, 0.2) is 61.3 Å². The second-order valence-corrected chi connectivity index (χ2v) is 12.7. The van der Waals surface area contributed by atoms with Crippen molar-refractivity contribution >= 4 is 69.5 Å². The number of alkyl halides is 4. The molecule has 3 rings (SSSR count). The minimum absolute atomic E-state index is 0. The smallest absolute Gasteiger partial charge is 0.744 e. The predicted molar refractivity (Wildman–Crippen MR) is 124 cm³/mol. The molecular formula is C19H13ClF3N3Na2O9S3. The van der Waals surface area contributed by atoms with Crippen LogP contribution in [-0.4, -0.2) is 51.1 Å². The molecule has 3 N–H and O–H groups in total. The Morgan fingerprint density at radius 3 is 2.00 bits per heavy atom. The second-order valence-electron chi connectivity index (χ2n) is 7.47. The first kappa shape index (κ1) is 37.0. The molecule has 40 heavy (non-hydrogen) atoms. The number of hydrogen-bond acceptors (Lipinski definition) is 12. The van der Waals surface area contributed by atoms with Crippen LogP contribution in [0.4, 0.5) is 30.2 Å². The van der Waals surface area contributed by atoms with Crippen molar-refractivity contribution in [2.24, 2.45) is 10.2 Å². The van der Waals surface area contributed by atoms with Crippen LogP contribution in [0.25, 0.3) is 10.8 Å². The molecule has 0 fully saturated rings. The van der Waals surface area contributed by atoms with Gasteiger partial charge in [-0.15, -0.1) is 21.8 Å². The summed E-state index contributed by atoms with van der Waals surface area (Å²) in [5.74, 6) is -2.10. The van der Waals surface area contributed by atoms with Crippen LogP contribution < -0.4 is 64.8 Å². The van der Waals surface area contributed by atoms with Crippen LogP contribution in [0, 0.1) is 0 Å². The molecule has 0 spiro atoms. The van der Waals surface area contributed by atoms with E-state index in [9.17, 15) is 52.6 Å². The number of anilines is 1. The van der Waals surface area contributed by atoms with Gasteiger partial charge in [-0.05, 0) is 41.8 Å². The van der Waals surface area contributed by atoms with Gasteiger partial charge in [0.2, 0.25) is 0 Å². The third-order valence-corrected chi connectivity index (χ3v) is 8.78. The molecule has 0 saturated heterocycles. The Balaban J connectivity index is 0.00000400. The topological polar surface area (TPSA) is 220 Å². The van der Waals surface area contributed by atoms with Crippen molar-refractivity contribution < 1.29 is 112 Å². The number of fused-ring (bicyclic) bond motifs is 1. The molecule has 206 valence electrons. The maximum atomic E-state index is 13.3. The predicted octanol–water partition coefficient (Wildman–Crippen LogP) is -2.61. The van der Waals surface area contributed by atoms with Gasteiger partial charge in [0, 0.05) is 11.3 Å². The van der Waals surface area contributed by atoms with Gasteiger partial charge in [0.25, 0.3) is 0 Å². The van der Waals surface area contributed by atoms with Gasteiger partial charge in [0.1, 0.15) is 37.4 Å². The second kappa shape index (κ2) is 13.1. The number of rotatable bonds is 7. The van der Waals surface area contributed by atoms with E-state index in [1.807, 2.05) is 0 Å². The van der Waals surface area contributed by atoms with Crippen LogP contribution in [0.5, 0.6) is 5.75 Å². The summed E-state index contributed by atoms with van der Waals surface area (Å²) in [6, 6.07) is 2.95. The monoisotopic (exact) mass is 661 g/mol. The van der Waals surface area contributed by atoms with E-state index in [2.05, 4.69) is 10.2 Å². The summed E-state index contributed by atoms with van der Waals surface area (Å²) in [5.41, 5.74) is 1.80. The number of phenolic OH excluding ortho intramolecular Hbond substituents is 1. The van der Waals surface area contributed by atoms with E-state index in [0.29, 0.717) is 36.4 Å². The summed E-state index contributed by atoms with van der Waals surface area (Å²) in [6.07, 6.45) is -4.95. The van der Waals surface area contributed by atoms with Crippen molar-refractivity contribution in [1.82, 2.24) is 0 Å². The first-order valence-corrected chi connectivity index (χ1v) is 14.7. The van der Waals surface area contributed by atoms with Gasteiger partial charge in [0.15, 0.2) is 9.84 Å². The number of sulfone groups is 1. The minimum atomic E-state index is -5.50. The molecule has 0 radical (unpaired) electrons. The third-order valence-electron chi connectivity index (χ3n) is 4.95. The summed E-state index contributed by atoms with van der Waals surface area (Å²) in [7, 11) is -15.0. The molecule has 3 aromatic carbocycles. The number of nitrogens with two attached hydrogens (primary N) is 1. The fourth-order valence-electron chi connectivity index (χ4n) is 3.28. The molecule has 0 saturated carbocycles. The summed E-state index contributed by atoms with van der Waals surface area (Å²) in [5, 5.41) is 16.1. The molecule has 12 nitrogen and oxygen atoms in total. The average molecular weight is 662 g/mol. The Morgan fingerprint density at radius 2 is 1.50 bits per heavy atom. The van der Waals surface area contributed by atoms with E-state index >= 15 is 0 Å². The van der Waals surface area contributed by atoms with Crippen LogP contribution in [0.1, 0.15) is 5.56 Å². The number of halogens is 4. The third kappa shape index (κ3) is 8.07. The number of aromatic hydroxyl groups is 1. The molecule has 0 aliphatic rings. The number of nitrogen functional groups attached to an aromatic ring is 1. The first-order chi connectivity index (χ1) is 17.3. The number of azo groups is 1.